The quantitative estimate of drug-likeness (QED) is 0.354. The minimum atomic E-state index is 0.0782. The molecule has 36 heavy (non-hydrogen) atoms. The maximum absolute atomic E-state index is 12.9. The first kappa shape index (κ1) is 24.3. The van der Waals surface area contributed by atoms with Crippen LogP contribution in [0.5, 0.6) is 0 Å². The van der Waals surface area contributed by atoms with Crippen molar-refractivity contribution in [3.63, 3.8) is 0 Å². The Morgan fingerprint density at radius 1 is 1.00 bits per heavy atom. The van der Waals surface area contributed by atoms with Gasteiger partial charge in [-0.25, -0.2) is 0 Å². The molecule has 7 nitrogen and oxygen atoms in total. The molecule has 4 aromatic rings. The van der Waals surface area contributed by atoms with Gasteiger partial charge in [0.2, 0.25) is 0 Å². The van der Waals surface area contributed by atoms with Gasteiger partial charge in [0.05, 0.1) is 31.5 Å². The molecule has 0 N–H and O–H groups in total. The molecule has 7 heteroatoms. The zero-order chi connectivity index (χ0) is 25.1. The van der Waals surface area contributed by atoms with Crippen molar-refractivity contribution in [2.24, 2.45) is 7.05 Å². The Labute approximate surface area is 212 Å². The summed E-state index contributed by atoms with van der Waals surface area (Å²) >= 11 is 0. The van der Waals surface area contributed by atoms with Crippen LogP contribution in [0.4, 0.5) is 0 Å². The van der Waals surface area contributed by atoms with Crippen molar-refractivity contribution in [2.75, 3.05) is 40.4 Å². The maximum Gasteiger partial charge on any atom is 0.168 e. The highest BCUT2D eigenvalue weighted by molar-refractivity contribution is 5.98. The first-order chi connectivity index (χ1) is 17.5. The molecule has 0 bridgehead atoms. The van der Waals surface area contributed by atoms with E-state index in [9.17, 15) is 4.79 Å². The second-order valence-corrected chi connectivity index (χ2v) is 9.79. The van der Waals surface area contributed by atoms with Gasteiger partial charge in [0.15, 0.2) is 5.78 Å². The maximum atomic E-state index is 12.9. The lowest BCUT2D eigenvalue weighted by molar-refractivity contribution is 0.0332. The van der Waals surface area contributed by atoms with Crippen LogP contribution in [0.2, 0.25) is 0 Å². The molecule has 2 aromatic carbocycles. The number of hydrogen-bond acceptors (Lipinski definition) is 6. The fourth-order valence-corrected chi connectivity index (χ4v) is 4.74. The van der Waals surface area contributed by atoms with E-state index in [1.165, 1.54) is 11.3 Å². The molecule has 3 heterocycles. The van der Waals surface area contributed by atoms with Crippen molar-refractivity contribution in [1.29, 1.82) is 0 Å². The van der Waals surface area contributed by atoms with E-state index in [-0.39, 0.29) is 12.2 Å². The van der Waals surface area contributed by atoms with Crippen molar-refractivity contribution in [3.8, 4) is 11.1 Å². The van der Waals surface area contributed by atoms with Crippen LogP contribution in [-0.2, 0) is 31.3 Å². The van der Waals surface area contributed by atoms with Gasteiger partial charge in [-0.05, 0) is 42.7 Å². The standard InChI is InChI=1S/C29H33N5O2/c1-32(2)19-21-4-6-22(7-5-21)29(35)16-26-15-25-14-23(8-9-24(25)17-30-26)27-18-31-33(3)28(27)20-34-10-12-36-13-11-34/h4-9,14-15,17-18H,10-13,16,19-20H2,1-3H3. The molecule has 1 fully saturated rings. The topological polar surface area (TPSA) is 63.5 Å². The molecule has 0 saturated carbocycles. The summed E-state index contributed by atoms with van der Waals surface area (Å²) in [6.45, 7) is 5.12. The Morgan fingerprint density at radius 3 is 2.53 bits per heavy atom. The molecule has 0 amide bonds. The first-order valence-electron chi connectivity index (χ1n) is 12.4. The highest BCUT2D eigenvalue weighted by Gasteiger charge is 2.17. The summed E-state index contributed by atoms with van der Waals surface area (Å²) in [5.41, 5.74) is 6.14. The molecule has 186 valence electrons. The number of nitrogens with zero attached hydrogens (tertiary/aromatic N) is 5. The number of hydrogen-bond donors (Lipinski definition) is 0. The molecular formula is C29H33N5O2. The number of carbonyl (C=O) groups excluding carboxylic acids is 1. The van der Waals surface area contributed by atoms with Crippen molar-refractivity contribution in [1.82, 2.24) is 24.6 Å². The van der Waals surface area contributed by atoms with Crippen LogP contribution in [0.3, 0.4) is 0 Å². The number of ether oxygens (including phenoxy) is 1. The Morgan fingerprint density at radius 2 is 1.78 bits per heavy atom. The number of aromatic nitrogens is 3. The fraction of sp³-hybridized carbons (Fsp3) is 0.345. The van der Waals surface area contributed by atoms with Crippen LogP contribution < -0.4 is 0 Å². The Balaban J connectivity index is 1.36. The lowest BCUT2D eigenvalue weighted by atomic mass is 10.00. The minimum absolute atomic E-state index is 0.0782. The first-order valence-corrected chi connectivity index (χ1v) is 12.4. The Kier molecular flexibility index (Phi) is 7.23. The summed E-state index contributed by atoms with van der Waals surface area (Å²) in [5.74, 6) is 0.0782. The monoisotopic (exact) mass is 483 g/mol. The number of morpholine rings is 1. The summed E-state index contributed by atoms with van der Waals surface area (Å²) in [7, 11) is 6.07. The summed E-state index contributed by atoms with van der Waals surface area (Å²) in [6.07, 6.45) is 4.09. The highest BCUT2D eigenvalue weighted by atomic mass is 16.5. The largest absolute Gasteiger partial charge is 0.379 e. The van der Waals surface area contributed by atoms with E-state index in [4.69, 9.17) is 4.74 Å². The van der Waals surface area contributed by atoms with Gasteiger partial charge in [0.1, 0.15) is 0 Å². The van der Waals surface area contributed by atoms with Gasteiger partial charge in [0.25, 0.3) is 0 Å². The van der Waals surface area contributed by atoms with Gasteiger partial charge >= 0.3 is 0 Å². The van der Waals surface area contributed by atoms with E-state index in [1.807, 2.05) is 68.6 Å². The lowest BCUT2D eigenvalue weighted by Crippen LogP contribution is -2.36. The molecule has 0 unspecified atom stereocenters. The Bertz CT molecular complexity index is 1350. The van der Waals surface area contributed by atoms with E-state index in [2.05, 4.69) is 38.1 Å². The van der Waals surface area contributed by atoms with Crippen LogP contribution in [-0.4, -0.2) is 70.7 Å². The number of pyridine rings is 1. The molecular weight excluding hydrogens is 450 g/mol. The van der Waals surface area contributed by atoms with Gasteiger partial charge in [-0.15, -0.1) is 0 Å². The molecule has 0 radical (unpaired) electrons. The average Bonchev–Trinajstić information content (AvgIpc) is 3.24. The number of Topliss-reactive ketones (excluding diaryl/α,β-unsaturated/α-hetero) is 1. The van der Waals surface area contributed by atoms with Crippen LogP contribution in [0.1, 0.15) is 27.3 Å². The van der Waals surface area contributed by atoms with Gasteiger partial charge in [-0.3, -0.25) is 19.4 Å². The molecule has 5 rings (SSSR count). The molecule has 1 aliphatic rings. The van der Waals surface area contributed by atoms with E-state index in [1.54, 1.807) is 0 Å². The van der Waals surface area contributed by atoms with Crippen LogP contribution in [0.15, 0.2) is 60.9 Å². The number of carbonyl (C=O) groups is 1. The highest BCUT2D eigenvalue weighted by Crippen LogP contribution is 2.28. The SMILES string of the molecule is CN(C)Cc1ccc(C(=O)Cc2cc3cc(-c4cnn(C)c4CN4CCOCC4)ccc3cn2)cc1. The summed E-state index contributed by atoms with van der Waals surface area (Å²) < 4.78 is 7.47. The number of aryl methyl sites for hydroxylation is 1. The second kappa shape index (κ2) is 10.7. The minimum Gasteiger partial charge on any atom is -0.379 e. The zero-order valence-electron chi connectivity index (χ0n) is 21.3. The van der Waals surface area contributed by atoms with Gasteiger partial charge in [-0.1, -0.05) is 36.4 Å². The van der Waals surface area contributed by atoms with Gasteiger partial charge in [0, 0.05) is 61.6 Å². The van der Waals surface area contributed by atoms with Crippen molar-refractivity contribution in [2.45, 2.75) is 19.5 Å². The fourth-order valence-electron chi connectivity index (χ4n) is 4.74. The predicted octanol–water partition coefficient (Wildman–Crippen LogP) is 3.95. The van der Waals surface area contributed by atoms with Crippen molar-refractivity contribution in [3.05, 3.63) is 83.4 Å². The van der Waals surface area contributed by atoms with E-state index in [0.29, 0.717) is 0 Å². The van der Waals surface area contributed by atoms with E-state index >= 15 is 0 Å². The third kappa shape index (κ3) is 5.54. The van der Waals surface area contributed by atoms with Gasteiger partial charge in [-0.2, -0.15) is 5.10 Å². The number of benzene rings is 2. The third-order valence-electron chi connectivity index (χ3n) is 6.74. The number of ketones is 1. The summed E-state index contributed by atoms with van der Waals surface area (Å²) in [6, 6.07) is 16.3. The third-order valence-corrected chi connectivity index (χ3v) is 6.74. The Hall–Kier alpha value is -3.39. The number of fused-ring (bicyclic) bond motifs is 1. The summed E-state index contributed by atoms with van der Waals surface area (Å²) in [4.78, 5) is 22.0. The summed E-state index contributed by atoms with van der Waals surface area (Å²) in [5, 5.41) is 6.68. The molecule has 2 aromatic heterocycles. The number of rotatable bonds is 8. The molecule has 0 spiro atoms. The lowest BCUT2D eigenvalue weighted by Gasteiger charge is -2.27. The molecule has 1 aliphatic heterocycles. The van der Waals surface area contributed by atoms with Crippen LogP contribution >= 0.6 is 0 Å². The van der Waals surface area contributed by atoms with E-state index in [0.717, 1.165) is 72.5 Å². The molecule has 1 saturated heterocycles. The van der Waals surface area contributed by atoms with E-state index < -0.39 is 0 Å². The van der Waals surface area contributed by atoms with Crippen molar-refractivity contribution >= 4 is 16.6 Å². The zero-order valence-corrected chi connectivity index (χ0v) is 21.3. The molecule has 0 atom stereocenters. The van der Waals surface area contributed by atoms with Crippen LogP contribution in [0, 0.1) is 0 Å². The molecule has 0 aliphatic carbocycles. The van der Waals surface area contributed by atoms with Crippen molar-refractivity contribution < 1.29 is 9.53 Å². The van der Waals surface area contributed by atoms with Gasteiger partial charge < -0.3 is 9.64 Å². The van der Waals surface area contributed by atoms with Crippen LogP contribution in [0.25, 0.3) is 21.9 Å². The smallest absolute Gasteiger partial charge is 0.168 e. The second-order valence-electron chi connectivity index (χ2n) is 9.79. The normalized spacial score (nSPS) is 14.6. The average molecular weight is 484 g/mol. The predicted molar refractivity (Wildman–Crippen MR) is 142 cm³/mol.